The minimum atomic E-state index is -0.785. The molecule has 1 unspecified atom stereocenters. The van der Waals surface area contributed by atoms with Gasteiger partial charge in [-0.1, -0.05) is 12.1 Å². The van der Waals surface area contributed by atoms with Gasteiger partial charge in [0.25, 0.3) is 5.91 Å². The van der Waals surface area contributed by atoms with Gasteiger partial charge in [0, 0.05) is 39.3 Å². The molecule has 1 aliphatic rings. The Morgan fingerprint density at radius 2 is 1.77 bits per heavy atom. The van der Waals surface area contributed by atoms with Crippen LogP contribution >= 0.6 is 0 Å². The molecule has 7 nitrogen and oxygen atoms in total. The molecule has 0 radical (unpaired) electrons. The number of benzene rings is 2. The molecule has 0 spiro atoms. The maximum atomic E-state index is 13.3. The summed E-state index contributed by atoms with van der Waals surface area (Å²) in [6.45, 7) is 2.82. The number of hydrogen-bond donors (Lipinski definition) is 1. The van der Waals surface area contributed by atoms with Gasteiger partial charge >= 0.3 is 0 Å². The molecular weight excluding hydrogens is 385 g/mol. The van der Waals surface area contributed by atoms with Crippen molar-refractivity contribution in [2.75, 3.05) is 30.5 Å². The summed E-state index contributed by atoms with van der Waals surface area (Å²) in [6, 6.07) is 12.7. The quantitative estimate of drug-likeness (QED) is 0.758. The Labute approximate surface area is 175 Å². The van der Waals surface area contributed by atoms with Crippen molar-refractivity contribution in [3.63, 3.8) is 0 Å². The molecule has 0 aliphatic carbocycles. The lowest BCUT2D eigenvalue weighted by molar-refractivity contribution is -0.124. The summed E-state index contributed by atoms with van der Waals surface area (Å²) in [6.07, 6.45) is 0.113. The van der Waals surface area contributed by atoms with Crippen molar-refractivity contribution < 1.29 is 14.0 Å². The molecule has 2 aromatic carbocycles. The van der Waals surface area contributed by atoms with Crippen molar-refractivity contribution in [2.45, 2.75) is 25.9 Å². The molecule has 1 aliphatic heterocycles. The number of hydrazone groups is 1. The first-order valence-electron chi connectivity index (χ1n) is 9.77. The molecule has 0 fully saturated rings. The highest BCUT2D eigenvalue weighted by molar-refractivity contribution is 6.40. The lowest BCUT2D eigenvalue weighted by Gasteiger charge is -2.21. The van der Waals surface area contributed by atoms with Crippen LogP contribution in [0.2, 0.25) is 0 Å². The van der Waals surface area contributed by atoms with Crippen LogP contribution in [0.3, 0.4) is 0 Å². The second-order valence-corrected chi connectivity index (χ2v) is 7.37. The van der Waals surface area contributed by atoms with E-state index < -0.39 is 17.8 Å². The lowest BCUT2D eigenvalue weighted by Crippen LogP contribution is -2.40. The molecule has 8 heteroatoms. The Kier molecular flexibility index (Phi) is 6.34. The van der Waals surface area contributed by atoms with Gasteiger partial charge in [0.2, 0.25) is 5.91 Å². The molecule has 2 aromatic rings. The minimum Gasteiger partial charge on any atom is -0.378 e. The third-order valence-corrected chi connectivity index (χ3v) is 5.07. The van der Waals surface area contributed by atoms with Gasteiger partial charge in [-0.05, 0) is 48.9 Å². The summed E-state index contributed by atoms with van der Waals surface area (Å²) >= 11 is 0. The van der Waals surface area contributed by atoms with Crippen LogP contribution in [0.4, 0.5) is 15.8 Å². The number of nitrogens with two attached hydrogens (primary N) is 1. The molecule has 3 rings (SSSR count). The summed E-state index contributed by atoms with van der Waals surface area (Å²) in [4.78, 5) is 28.7. The SMILES string of the molecule is CCN(Cc1ccc(N(C)C)cc1)C(=O)C1=NN(c2ccc(F)cc2)C(C(N)=O)C1. The second-order valence-electron chi connectivity index (χ2n) is 7.37. The van der Waals surface area contributed by atoms with Crippen molar-refractivity contribution in [3.05, 3.63) is 59.9 Å². The normalized spacial score (nSPS) is 15.7. The van der Waals surface area contributed by atoms with Gasteiger partial charge in [0.15, 0.2) is 0 Å². The molecule has 0 bridgehead atoms. The topological polar surface area (TPSA) is 82.2 Å². The summed E-state index contributed by atoms with van der Waals surface area (Å²) < 4.78 is 13.3. The fourth-order valence-corrected chi connectivity index (χ4v) is 3.32. The molecular formula is C22H26FN5O2. The number of carbonyl (C=O) groups excluding carboxylic acids is 2. The summed E-state index contributed by atoms with van der Waals surface area (Å²) in [5.41, 5.74) is 8.37. The smallest absolute Gasteiger partial charge is 0.270 e. The number of nitrogens with zero attached hydrogens (tertiary/aromatic N) is 4. The largest absolute Gasteiger partial charge is 0.378 e. The number of primary amides is 1. The van der Waals surface area contributed by atoms with Crippen LogP contribution in [-0.4, -0.2) is 49.1 Å². The summed E-state index contributed by atoms with van der Waals surface area (Å²) in [5, 5.41) is 5.76. The van der Waals surface area contributed by atoms with E-state index in [2.05, 4.69) is 5.10 Å². The van der Waals surface area contributed by atoms with Crippen molar-refractivity contribution in [1.82, 2.24) is 4.90 Å². The summed E-state index contributed by atoms with van der Waals surface area (Å²) in [5.74, 6) is -1.23. The first-order chi connectivity index (χ1) is 14.3. The molecule has 2 amide bonds. The number of halogens is 1. The van der Waals surface area contributed by atoms with Gasteiger partial charge in [0.1, 0.15) is 17.6 Å². The van der Waals surface area contributed by atoms with Gasteiger partial charge in [-0.25, -0.2) is 4.39 Å². The van der Waals surface area contributed by atoms with E-state index >= 15 is 0 Å². The number of rotatable bonds is 7. The van der Waals surface area contributed by atoms with E-state index in [0.717, 1.165) is 11.3 Å². The van der Waals surface area contributed by atoms with Crippen LogP contribution in [0.5, 0.6) is 0 Å². The Bertz CT molecular complexity index is 941. The molecule has 2 N–H and O–H groups in total. The average Bonchev–Trinajstić information content (AvgIpc) is 3.18. The van der Waals surface area contributed by atoms with E-state index in [0.29, 0.717) is 18.8 Å². The Balaban J connectivity index is 1.79. The first kappa shape index (κ1) is 21.3. The van der Waals surface area contributed by atoms with Crippen LogP contribution < -0.4 is 15.6 Å². The van der Waals surface area contributed by atoms with E-state index in [1.165, 1.54) is 29.3 Å². The van der Waals surface area contributed by atoms with E-state index in [1.54, 1.807) is 4.90 Å². The van der Waals surface area contributed by atoms with Crippen LogP contribution in [0.15, 0.2) is 53.6 Å². The van der Waals surface area contributed by atoms with Gasteiger partial charge < -0.3 is 15.5 Å². The predicted molar refractivity (Wildman–Crippen MR) is 116 cm³/mol. The Hall–Kier alpha value is -3.42. The van der Waals surface area contributed by atoms with Crippen molar-refractivity contribution in [2.24, 2.45) is 10.8 Å². The monoisotopic (exact) mass is 411 g/mol. The first-order valence-corrected chi connectivity index (χ1v) is 9.77. The van der Waals surface area contributed by atoms with Gasteiger partial charge in [-0.3, -0.25) is 14.6 Å². The highest BCUT2D eigenvalue weighted by Crippen LogP contribution is 2.26. The maximum absolute atomic E-state index is 13.3. The highest BCUT2D eigenvalue weighted by atomic mass is 19.1. The van der Waals surface area contributed by atoms with Crippen molar-refractivity contribution >= 4 is 28.9 Å². The third-order valence-electron chi connectivity index (χ3n) is 5.07. The van der Waals surface area contributed by atoms with Gasteiger partial charge in [-0.15, -0.1) is 0 Å². The fourth-order valence-electron chi connectivity index (χ4n) is 3.32. The van der Waals surface area contributed by atoms with Gasteiger partial charge in [0.05, 0.1) is 5.69 Å². The Morgan fingerprint density at radius 1 is 1.13 bits per heavy atom. The number of amides is 2. The third kappa shape index (κ3) is 4.59. The zero-order chi connectivity index (χ0) is 21.8. The van der Waals surface area contributed by atoms with Crippen molar-refractivity contribution in [1.29, 1.82) is 0 Å². The number of anilines is 2. The highest BCUT2D eigenvalue weighted by Gasteiger charge is 2.36. The molecule has 158 valence electrons. The standard InChI is InChI=1S/C22H26FN5O2/c1-4-27(14-15-5-9-17(10-6-15)26(2)3)22(30)19-13-20(21(24)29)28(25-19)18-11-7-16(23)8-12-18/h5-12,20H,4,13-14H2,1-3H3,(H2,24,29). The number of carbonyl (C=O) groups is 2. The lowest BCUT2D eigenvalue weighted by atomic mass is 10.1. The molecule has 1 atom stereocenters. The van der Waals surface area contributed by atoms with E-state index in [1.807, 2.05) is 50.2 Å². The van der Waals surface area contributed by atoms with Crippen LogP contribution in [-0.2, 0) is 16.1 Å². The maximum Gasteiger partial charge on any atom is 0.270 e. The summed E-state index contributed by atoms with van der Waals surface area (Å²) in [7, 11) is 3.94. The van der Waals surface area contributed by atoms with Gasteiger partial charge in [-0.2, -0.15) is 5.10 Å². The van der Waals surface area contributed by atoms with E-state index in [-0.39, 0.29) is 18.0 Å². The van der Waals surface area contributed by atoms with Crippen LogP contribution in [0, 0.1) is 5.82 Å². The zero-order valence-corrected chi connectivity index (χ0v) is 17.4. The zero-order valence-electron chi connectivity index (χ0n) is 17.4. The van der Waals surface area contributed by atoms with Crippen LogP contribution in [0.25, 0.3) is 0 Å². The number of hydrogen-bond acceptors (Lipinski definition) is 5. The molecule has 0 saturated heterocycles. The predicted octanol–water partition coefficient (Wildman–Crippen LogP) is 2.36. The van der Waals surface area contributed by atoms with Crippen LogP contribution in [0.1, 0.15) is 18.9 Å². The average molecular weight is 411 g/mol. The second kappa shape index (κ2) is 8.94. The van der Waals surface area contributed by atoms with Crippen molar-refractivity contribution in [3.8, 4) is 0 Å². The Morgan fingerprint density at radius 3 is 2.30 bits per heavy atom. The molecule has 0 saturated carbocycles. The molecule has 1 heterocycles. The minimum absolute atomic E-state index is 0.113. The molecule has 30 heavy (non-hydrogen) atoms. The van der Waals surface area contributed by atoms with E-state index in [9.17, 15) is 14.0 Å². The molecule has 0 aromatic heterocycles. The van der Waals surface area contributed by atoms with E-state index in [4.69, 9.17) is 5.73 Å². The fraction of sp³-hybridized carbons (Fsp3) is 0.318.